The first-order valence-electron chi connectivity index (χ1n) is 8.48. The molecule has 2 amide bonds. The van der Waals surface area contributed by atoms with E-state index in [2.05, 4.69) is 27.4 Å². The minimum absolute atomic E-state index is 0.00363. The Labute approximate surface area is 141 Å². The number of carbonyl (C=O) groups excluding carboxylic acids is 1. The molecular formula is C18H22N4O2. The second-order valence-corrected chi connectivity index (χ2v) is 6.46. The molecule has 2 N–H and O–H groups in total. The predicted molar refractivity (Wildman–Crippen MR) is 89.9 cm³/mol. The van der Waals surface area contributed by atoms with Crippen molar-refractivity contribution in [2.45, 2.75) is 38.3 Å². The van der Waals surface area contributed by atoms with Gasteiger partial charge in [-0.25, -0.2) is 9.78 Å². The second kappa shape index (κ2) is 6.19. The molecule has 0 bridgehead atoms. The first-order valence-corrected chi connectivity index (χ1v) is 8.48. The van der Waals surface area contributed by atoms with Crippen molar-refractivity contribution >= 4 is 6.03 Å². The Kier molecular flexibility index (Phi) is 3.88. The molecule has 6 heteroatoms. The number of fused-ring (bicyclic) bond motifs is 2. The van der Waals surface area contributed by atoms with Crippen molar-refractivity contribution in [2.24, 2.45) is 0 Å². The third-order valence-corrected chi connectivity index (χ3v) is 5.02. The van der Waals surface area contributed by atoms with Crippen LogP contribution < -0.4 is 10.1 Å². The van der Waals surface area contributed by atoms with Crippen molar-refractivity contribution in [2.75, 3.05) is 13.7 Å². The zero-order valence-electron chi connectivity index (χ0n) is 13.8. The second-order valence-electron chi connectivity index (χ2n) is 6.46. The van der Waals surface area contributed by atoms with E-state index in [0.717, 1.165) is 42.8 Å². The lowest BCUT2D eigenvalue weighted by Crippen LogP contribution is -2.44. The van der Waals surface area contributed by atoms with Crippen LogP contribution in [-0.4, -0.2) is 34.6 Å². The van der Waals surface area contributed by atoms with Crippen molar-refractivity contribution in [3.8, 4) is 5.75 Å². The Morgan fingerprint density at radius 1 is 1.42 bits per heavy atom. The maximum absolute atomic E-state index is 12.7. The van der Waals surface area contributed by atoms with Gasteiger partial charge in [0.05, 0.1) is 37.4 Å². The SMILES string of the molecule is COc1ccc2c(c1)CCC[C@H]2NC(=O)N1CCc2nc[nH]c2C1. The Hall–Kier alpha value is -2.50. The average Bonchev–Trinajstić information content (AvgIpc) is 3.09. The fourth-order valence-electron chi connectivity index (χ4n) is 3.69. The number of ether oxygens (including phenoxy) is 1. The molecule has 6 nitrogen and oxygen atoms in total. The van der Waals surface area contributed by atoms with E-state index in [9.17, 15) is 4.79 Å². The van der Waals surface area contributed by atoms with Gasteiger partial charge in [-0.05, 0) is 42.5 Å². The summed E-state index contributed by atoms with van der Waals surface area (Å²) in [6.45, 7) is 1.31. The molecule has 126 valence electrons. The minimum Gasteiger partial charge on any atom is -0.497 e. The first-order chi connectivity index (χ1) is 11.7. The molecule has 24 heavy (non-hydrogen) atoms. The van der Waals surface area contributed by atoms with Gasteiger partial charge in [-0.15, -0.1) is 0 Å². The summed E-state index contributed by atoms with van der Waals surface area (Å²) in [4.78, 5) is 22.0. The topological polar surface area (TPSA) is 70.2 Å². The molecule has 0 radical (unpaired) electrons. The number of H-pyrrole nitrogens is 1. The maximum atomic E-state index is 12.7. The molecule has 0 unspecified atom stereocenters. The molecule has 1 atom stereocenters. The molecule has 0 fully saturated rings. The van der Waals surface area contributed by atoms with Gasteiger partial charge in [-0.2, -0.15) is 0 Å². The summed E-state index contributed by atoms with van der Waals surface area (Å²) >= 11 is 0. The average molecular weight is 326 g/mol. The van der Waals surface area contributed by atoms with Crippen LogP contribution in [0.15, 0.2) is 24.5 Å². The Bertz CT molecular complexity index is 755. The van der Waals surface area contributed by atoms with Crippen LogP contribution in [0.2, 0.25) is 0 Å². The fraction of sp³-hybridized carbons (Fsp3) is 0.444. The Balaban J connectivity index is 1.47. The summed E-state index contributed by atoms with van der Waals surface area (Å²) in [5, 5.41) is 3.22. The number of aromatic amines is 1. The standard InChI is InChI=1S/C18H22N4O2/c1-24-13-5-6-14-12(9-13)3-2-4-15(14)21-18(23)22-8-7-16-17(10-22)20-11-19-16/h5-6,9,11,15H,2-4,7-8,10H2,1H3,(H,19,20)(H,21,23)/t15-/m1/s1. The molecule has 4 rings (SSSR count). The van der Waals surface area contributed by atoms with E-state index in [4.69, 9.17) is 4.74 Å². The van der Waals surface area contributed by atoms with E-state index in [1.165, 1.54) is 11.1 Å². The number of amides is 2. The number of hydrogen-bond acceptors (Lipinski definition) is 3. The van der Waals surface area contributed by atoms with Crippen LogP contribution in [0.1, 0.15) is 41.4 Å². The number of nitrogens with one attached hydrogen (secondary N) is 2. The van der Waals surface area contributed by atoms with Gasteiger partial charge >= 0.3 is 6.03 Å². The van der Waals surface area contributed by atoms with Gasteiger partial charge in [0, 0.05) is 13.0 Å². The molecule has 1 aliphatic carbocycles. The lowest BCUT2D eigenvalue weighted by molar-refractivity contribution is 0.186. The van der Waals surface area contributed by atoms with Crippen molar-refractivity contribution in [1.82, 2.24) is 20.2 Å². The number of carbonyl (C=O) groups is 1. The van der Waals surface area contributed by atoms with Gasteiger partial charge in [0.25, 0.3) is 0 Å². The summed E-state index contributed by atoms with van der Waals surface area (Å²) in [6, 6.07) is 6.23. The van der Waals surface area contributed by atoms with Crippen molar-refractivity contribution < 1.29 is 9.53 Å². The van der Waals surface area contributed by atoms with Gasteiger partial charge in [-0.3, -0.25) is 0 Å². The molecule has 2 aromatic rings. The number of urea groups is 1. The van der Waals surface area contributed by atoms with Crippen molar-refractivity contribution in [1.29, 1.82) is 0 Å². The van der Waals surface area contributed by atoms with Crippen molar-refractivity contribution in [3.63, 3.8) is 0 Å². The number of benzene rings is 1. The number of nitrogens with zero attached hydrogens (tertiary/aromatic N) is 2. The number of imidazole rings is 1. The third-order valence-electron chi connectivity index (χ3n) is 5.02. The molecule has 1 aromatic heterocycles. The highest BCUT2D eigenvalue weighted by Crippen LogP contribution is 2.32. The predicted octanol–water partition coefficient (Wildman–Crippen LogP) is 2.56. The highest BCUT2D eigenvalue weighted by molar-refractivity contribution is 5.75. The molecule has 1 aliphatic heterocycles. The molecule has 0 spiro atoms. The summed E-state index contributed by atoms with van der Waals surface area (Å²) < 4.78 is 5.31. The summed E-state index contributed by atoms with van der Waals surface area (Å²) in [6.07, 6.45) is 5.62. The van der Waals surface area contributed by atoms with Crippen LogP contribution in [-0.2, 0) is 19.4 Å². The smallest absolute Gasteiger partial charge is 0.318 e. The van der Waals surface area contributed by atoms with Crippen LogP contribution in [0.4, 0.5) is 4.79 Å². The lowest BCUT2D eigenvalue weighted by Gasteiger charge is -2.31. The third kappa shape index (κ3) is 2.72. The molecule has 2 aliphatic rings. The number of methoxy groups -OCH3 is 1. The molecule has 0 saturated heterocycles. The van der Waals surface area contributed by atoms with Crippen molar-refractivity contribution in [3.05, 3.63) is 47.0 Å². The van der Waals surface area contributed by atoms with Gasteiger partial charge < -0.3 is 19.9 Å². The zero-order chi connectivity index (χ0) is 16.5. The molecular weight excluding hydrogens is 304 g/mol. The Morgan fingerprint density at radius 3 is 3.21 bits per heavy atom. The highest BCUT2D eigenvalue weighted by Gasteiger charge is 2.27. The normalized spacial score (nSPS) is 19.4. The minimum atomic E-state index is 0.00363. The van der Waals surface area contributed by atoms with Crippen LogP contribution in [0.5, 0.6) is 5.75 Å². The van der Waals surface area contributed by atoms with E-state index < -0.39 is 0 Å². The van der Waals surface area contributed by atoms with E-state index in [1.54, 1.807) is 13.4 Å². The number of aromatic nitrogens is 2. The Morgan fingerprint density at radius 2 is 2.33 bits per heavy atom. The summed E-state index contributed by atoms with van der Waals surface area (Å²) in [5.74, 6) is 0.878. The van der Waals surface area contributed by atoms with E-state index in [0.29, 0.717) is 13.1 Å². The maximum Gasteiger partial charge on any atom is 0.318 e. The lowest BCUT2D eigenvalue weighted by atomic mass is 9.87. The van der Waals surface area contributed by atoms with Gasteiger partial charge in [0.15, 0.2) is 0 Å². The van der Waals surface area contributed by atoms with Crippen LogP contribution >= 0.6 is 0 Å². The molecule has 0 saturated carbocycles. The van der Waals surface area contributed by atoms with Crippen LogP contribution in [0.25, 0.3) is 0 Å². The zero-order valence-corrected chi connectivity index (χ0v) is 13.8. The molecule has 2 heterocycles. The highest BCUT2D eigenvalue weighted by atomic mass is 16.5. The monoisotopic (exact) mass is 326 g/mol. The number of hydrogen-bond donors (Lipinski definition) is 2. The van der Waals surface area contributed by atoms with E-state index in [-0.39, 0.29) is 12.1 Å². The number of aryl methyl sites for hydroxylation is 1. The summed E-state index contributed by atoms with van der Waals surface area (Å²) in [5.41, 5.74) is 4.62. The van der Waals surface area contributed by atoms with Gasteiger partial charge in [0.2, 0.25) is 0 Å². The fourth-order valence-corrected chi connectivity index (χ4v) is 3.69. The van der Waals surface area contributed by atoms with Gasteiger partial charge in [-0.1, -0.05) is 6.07 Å². The largest absolute Gasteiger partial charge is 0.497 e. The van der Waals surface area contributed by atoms with Crippen LogP contribution in [0, 0.1) is 0 Å². The quantitative estimate of drug-likeness (QED) is 0.891. The van der Waals surface area contributed by atoms with Crippen LogP contribution in [0.3, 0.4) is 0 Å². The van der Waals surface area contributed by atoms with E-state index >= 15 is 0 Å². The van der Waals surface area contributed by atoms with E-state index in [1.807, 2.05) is 11.0 Å². The first kappa shape index (κ1) is 15.1. The van der Waals surface area contributed by atoms with Gasteiger partial charge in [0.1, 0.15) is 5.75 Å². The molecule has 1 aromatic carbocycles. The number of rotatable bonds is 2. The summed E-state index contributed by atoms with van der Waals surface area (Å²) in [7, 11) is 1.68.